The maximum atomic E-state index is 5.40. The van der Waals surface area contributed by atoms with E-state index in [2.05, 4.69) is 32.7 Å². The molecule has 1 saturated heterocycles. The van der Waals surface area contributed by atoms with Gasteiger partial charge in [-0.3, -0.25) is 4.98 Å². The van der Waals surface area contributed by atoms with Crippen LogP contribution in [-0.2, 0) is 4.74 Å². The molecule has 0 spiro atoms. The summed E-state index contributed by atoms with van der Waals surface area (Å²) in [6, 6.07) is 2.47. The Morgan fingerprint density at radius 3 is 3.21 bits per heavy atom. The van der Waals surface area contributed by atoms with Gasteiger partial charge in [-0.05, 0) is 28.9 Å². The van der Waals surface area contributed by atoms with Crippen LogP contribution < -0.4 is 4.90 Å². The summed E-state index contributed by atoms with van der Waals surface area (Å²) in [7, 11) is 0. The molecule has 3 nitrogen and oxygen atoms in total. The van der Waals surface area contributed by atoms with Crippen LogP contribution in [0.15, 0.2) is 22.9 Å². The van der Waals surface area contributed by atoms with Crippen LogP contribution >= 0.6 is 15.9 Å². The zero-order chi connectivity index (χ0) is 9.97. The smallest absolute Gasteiger partial charge is 0.0668 e. The van der Waals surface area contributed by atoms with Gasteiger partial charge in [-0.2, -0.15) is 0 Å². The third-order valence-corrected chi connectivity index (χ3v) is 3.04. The Hall–Kier alpha value is -0.610. The first-order valence-electron chi connectivity index (χ1n) is 4.73. The minimum Gasteiger partial charge on any atom is -0.377 e. The lowest BCUT2D eigenvalue weighted by Gasteiger charge is -2.35. The molecule has 1 atom stereocenters. The molecule has 0 radical (unpaired) electrons. The summed E-state index contributed by atoms with van der Waals surface area (Å²) in [6.07, 6.45) is 3.65. The molecule has 1 aromatic heterocycles. The highest BCUT2D eigenvalue weighted by atomic mass is 79.9. The zero-order valence-corrected chi connectivity index (χ0v) is 9.70. The summed E-state index contributed by atoms with van der Waals surface area (Å²) in [4.78, 5) is 6.40. The van der Waals surface area contributed by atoms with Crippen LogP contribution in [0, 0.1) is 0 Å². The maximum absolute atomic E-state index is 5.40. The van der Waals surface area contributed by atoms with E-state index in [1.54, 1.807) is 0 Å². The quantitative estimate of drug-likeness (QED) is 0.770. The average molecular weight is 257 g/mol. The van der Waals surface area contributed by atoms with Gasteiger partial charge in [0.05, 0.1) is 23.4 Å². The molecule has 0 bridgehead atoms. The molecule has 14 heavy (non-hydrogen) atoms. The van der Waals surface area contributed by atoms with E-state index in [0.29, 0.717) is 6.04 Å². The summed E-state index contributed by atoms with van der Waals surface area (Å²) in [6.45, 7) is 4.73. The number of halogens is 1. The number of nitrogens with zero attached hydrogens (tertiary/aromatic N) is 2. The molecule has 1 aliphatic rings. The van der Waals surface area contributed by atoms with Crippen molar-refractivity contribution >= 4 is 21.6 Å². The summed E-state index contributed by atoms with van der Waals surface area (Å²) in [5.41, 5.74) is 1.20. The van der Waals surface area contributed by atoms with Gasteiger partial charge in [-0.25, -0.2) is 0 Å². The number of pyridine rings is 1. The van der Waals surface area contributed by atoms with E-state index in [1.165, 1.54) is 5.69 Å². The first-order valence-corrected chi connectivity index (χ1v) is 5.52. The highest BCUT2D eigenvalue weighted by Crippen LogP contribution is 2.27. The molecule has 0 aromatic carbocycles. The Balaban J connectivity index is 2.25. The molecule has 0 N–H and O–H groups in total. The second-order valence-corrected chi connectivity index (χ2v) is 4.30. The van der Waals surface area contributed by atoms with Crippen molar-refractivity contribution in [3.8, 4) is 0 Å². The van der Waals surface area contributed by atoms with Crippen LogP contribution in [0.2, 0.25) is 0 Å². The Labute approximate surface area is 92.2 Å². The lowest BCUT2D eigenvalue weighted by Crippen LogP contribution is -2.43. The third-order valence-electron chi connectivity index (χ3n) is 2.43. The van der Waals surface area contributed by atoms with E-state index in [-0.39, 0.29) is 0 Å². The Morgan fingerprint density at radius 2 is 2.50 bits per heavy atom. The van der Waals surface area contributed by atoms with E-state index in [1.807, 2.05) is 18.5 Å². The van der Waals surface area contributed by atoms with Crippen molar-refractivity contribution < 1.29 is 4.74 Å². The first kappa shape index (κ1) is 9.93. The largest absolute Gasteiger partial charge is 0.377 e. The number of aromatic nitrogens is 1. The molecule has 0 saturated carbocycles. The van der Waals surface area contributed by atoms with Gasteiger partial charge < -0.3 is 9.64 Å². The first-order chi connectivity index (χ1) is 6.79. The van der Waals surface area contributed by atoms with Crippen molar-refractivity contribution in [3.05, 3.63) is 22.9 Å². The number of morpholine rings is 1. The Morgan fingerprint density at radius 1 is 1.64 bits per heavy atom. The van der Waals surface area contributed by atoms with Gasteiger partial charge in [0.15, 0.2) is 0 Å². The van der Waals surface area contributed by atoms with Gasteiger partial charge >= 0.3 is 0 Å². The molecular formula is C10H13BrN2O. The predicted octanol–water partition coefficient (Wildman–Crippen LogP) is 2.07. The molecule has 0 amide bonds. The van der Waals surface area contributed by atoms with E-state index in [0.717, 1.165) is 24.2 Å². The molecule has 76 valence electrons. The normalized spacial score (nSPS) is 22.4. The van der Waals surface area contributed by atoms with E-state index >= 15 is 0 Å². The highest BCUT2D eigenvalue weighted by molar-refractivity contribution is 9.10. The van der Waals surface area contributed by atoms with E-state index in [4.69, 9.17) is 4.74 Å². The van der Waals surface area contributed by atoms with Gasteiger partial charge in [0.25, 0.3) is 0 Å². The summed E-state index contributed by atoms with van der Waals surface area (Å²) in [5.74, 6) is 0. The lowest BCUT2D eigenvalue weighted by atomic mass is 10.2. The van der Waals surface area contributed by atoms with E-state index < -0.39 is 0 Å². The fourth-order valence-corrected chi connectivity index (χ4v) is 2.16. The summed E-state index contributed by atoms with van der Waals surface area (Å²) in [5, 5.41) is 0. The lowest BCUT2D eigenvalue weighted by molar-refractivity contribution is 0.0989. The molecule has 1 fully saturated rings. The second kappa shape index (κ2) is 4.28. The number of anilines is 1. The average Bonchev–Trinajstić information content (AvgIpc) is 2.20. The van der Waals surface area contributed by atoms with Crippen LogP contribution in [0.5, 0.6) is 0 Å². The Bertz CT molecular complexity index is 319. The van der Waals surface area contributed by atoms with Gasteiger partial charge in [-0.15, -0.1) is 0 Å². The SMILES string of the molecule is CC1COCCN1c1ccncc1Br. The minimum atomic E-state index is 0.433. The minimum absolute atomic E-state index is 0.433. The molecule has 2 rings (SSSR count). The molecule has 4 heteroatoms. The number of hydrogen-bond donors (Lipinski definition) is 0. The second-order valence-electron chi connectivity index (χ2n) is 3.44. The van der Waals surface area contributed by atoms with E-state index in [9.17, 15) is 0 Å². The molecular weight excluding hydrogens is 244 g/mol. The van der Waals surface area contributed by atoms with Gasteiger partial charge in [-0.1, -0.05) is 0 Å². The molecule has 1 aliphatic heterocycles. The van der Waals surface area contributed by atoms with Gasteiger partial charge in [0.2, 0.25) is 0 Å². The van der Waals surface area contributed by atoms with Crippen molar-refractivity contribution in [1.29, 1.82) is 0 Å². The van der Waals surface area contributed by atoms with Crippen molar-refractivity contribution in [2.45, 2.75) is 13.0 Å². The zero-order valence-electron chi connectivity index (χ0n) is 8.11. The fourth-order valence-electron chi connectivity index (χ4n) is 1.69. The van der Waals surface area contributed by atoms with Crippen LogP contribution in [-0.4, -0.2) is 30.8 Å². The Kier molecular flexibility index (Phi) is 3.03. The number of rotatable bonds is 1. The summed E-state index contributed by atoms with van der Waals surface area (Å²) >= 11 is 3.51. The monoisotopic (exact) mass is 256 g/mol. The molecule has 0 aliphatic carbocycles. The number of ether oxygens (including phenoxy) is 1. The standard InChI is InChI=1S/C10H13BrN2O/c1-8-7-14-5-4-13(8)10-2-3-12-6-9(10)11/h2-3,6,8H,4-5,7H2,1H3. The van der Waals surface area contributed by atoms with Crippen LogP contribution in [0.3, 0.4) is 0 Å². The van der Waals surface area contributed by atoms with Crippen molar-refractivity contribution in [3.63, 3.8) is 0 Å². The van der Waals surface area contributed by atoms with Crippen LogP contribution in [0.25, 0.3) is 0 Å². The van der Waals surface area contributed by atoms with Crippen molar-refractivity contribution in [2.24, 2.45) is 0 Å². The fraction of sp³-hybridized carbons (Fsp3) is 0.500. The van der Waals surface area contributed by atoms with Crippen molar-refractivity contribution in [2.75, 3.05) is 24.7 Å². The number of hydrogen-bond acceptors (Lipinski definition) is 3. The van der Waals surface area contributed by atoms with Crippen molar-refractivity contribution in [1.82, 2.24) is 4.98 Å². The third kappa shape index (κ3) is 1.91. The molecule has 1 unspecified atom stereocenters. The summed E-state index contributed by atoms with van der Waals surface area (Å²) < 4.78 is 6.45. The molecule has 1 aromatic rings. The molecule has 2 heterocycles. The van der Waals surface area contributed by atoms with Crippen LogP contribution in [0.4, 0.5) is 5.69 Å². The predicted molar refractivity (Wildman–Crippen MR) is 59.6 cm³/mol. The van der Waals surface area contributed by atoms with Gasteiger partial charge in [0, 0.05) is 25.0 Å². The van der Waals surface area contributed by atoms with Gasteiger partial charge in [0.1, 0.15) is 0 Å². The maximum Gasteiger partial charge on any atom is 0.0668 e. The van der Waals surface area contributed by atoms with Crippen LogP contribution in [0.1, 0.15) is 6.92 Å². The topological polar surface area (TPSA) is 25.4 Å². The highest BCUT2D eigenvalue weighted by Gasteiger charge is 2.20.